The molecule has 3 rings (SSSR count). The second-order valence-electron chi connectivity index (χ2n) is 5.38. The van der Waals surface area contributed by atoms with Crippen LogP contribution >= 0.6 is 11.3 Å². The Balaban J connectivity index is 1.96. The molecule has 0 spiro atoms. The zero-order valence-electron chi connectivity index (χ0n) is 12.0. The maximum atomic E-state index is 10.8. The predicted molar refractivity (Wildman–Crippen MR) is 85.0 cm³/mol. The van der Waals surface area contributed by atoms with E-state index in [0.717, 1.165) is 35.5 Å². The molecule has 5 nitrogen and oxygen atoms in total. The third-order valence-electron chi connectivity index (χ3n) is 4.05. The summed E-state index contributed by atoms with van der Waals surface area (Å²) in [4.78, 5) is 18.7. The normalized spacial score (nSPS) is 15.7. The van der Waals surface area contributed by atoms with Crippen LogP contribution in [0.4, 0.5) is 5.82 Å². The quantitative estimate of drug-likeness (QED) is 0.833. The van der Waals surface area contributed by atoms with Gasteiger partial charge in [0.15, 0.2) is 10.8 Å². The van der Waals surface area contributed by atoms with Crippen LogP contribution in [0.1, 0.15) is 31.9 Å². The first-order valence-electron chi connectivity index (χ1n) is 7.30. The van der Waals surface area contributed by atoms with Crippen LogP contribution in [-0.4, -0.2) is 33.6 Å². The molecule has 1 saturated carbocycles. The monoisotopic (exact) mass is 305 g/mol. The van der Waals surface area contributed by atoms with Gasteiger partial charge < -0.3 is 10.0 Å². The van der Waals surface area contributed by atoms with Gasteiger partial charge in [-0.15, -0.1) is 11.3 Å². The van der Waals surface area contributed by atoms with Crippen LogP contribution in [0.2, 0.25) is 0 Å². The highest BCUT2D eigenvalue weighted by Crippen LogP contribution is 2.31. The van der Waals surface area contributed by atoms with Crippen molar-refractivity contribution < 1.29 is 9.90 Å². The molecule has 2 heterocycles. The van der Waals surface area contributed by atoms with Crippen LogP contribution in [0.25, 0.3) is 11.0 Å². The summed E-state index contributed by atoms with van der Waals surface area (Å²) in [5, 5.41) is 10.9. The van der Waals surface area contributed by atoms with Gasteiger partial charge in [-0.3, -0.25) is 4.40 Å². The Hall–Kier alpha value is -1.82. The van der Waals surface area contributed by atoms with Crippen LogP contribution in [0.3, 0.4) is 0 Å². The maximum absolute atomic E-state index is 10.8. The Kier molecular flexibility index (Phi) is 3.96. The molecule has 0 bridgehead atoms. The third kappa shape index (κ3) is 2.81. The van der Waals surface area contributed by atoms with Gasteiger partial charge >= 0.3 is 5.97 Å². The van der Waals surface area contributed by atoms with E-state index in [1.54, 1.807) is 17.4 Å². The van der Waals surface area contributed by atoms with E-state index in [2.05, 4.69) is 11.8 Å². The smallest absolute Gasteiger partial charge is 0.328 e. The molecule has 0 amide bonds. The van der Waals surface area contributed by atoms with Gasteiger partial charge in [0.1, 0.15) is 0 Å². The molecule has 0 atom stereocenters. The number of hydrogen-bond donors (Lipinski definition) is 1. The minimum Gasteiger partial charge on any atom is -0.478 e. The Morgan fingerprint density at radius 2 is 2.43 bits per heavy atom. The number of carboxylic acid groups (broad SMARTS) is 1. The van der Waals surface area contributed by atoms with Gasteiger partial charge in [-0.25, -0.2) is 9.78 Å². The fraction of sp³-hybridized carbons (Fsp3) is 0.467. The zero-order chi connectivity index (χ0) is 14.8. The molecule has 1 aliphatic carbocycles. The zero-order valence-corrected chi connectivity index (χ0v) is 12.8. The van der Waals surface area contributed by atoms with Crippen LogP contribution in [0.15, 0.2) is 17.7 Å². The number of carboxylic acids is 1. The van der Waals surface area contributed by atoms with Gasteiger partial charge in [0.05, 0.1) is 5.69 Å². The van der Waals surface area contributed by atoms with E-state index in [0.29, 0.717) is 0 Å². The van der Waals surface area contributed by atoms with Crippen LogP contribution in [0.5, 0.6) is 0 Å². The minimum absolute atomic E-state index is 0.751. The molecule has 2 aromatic heterocycles. The van der Waals surface area contributed by atoms with E-state index in [-0.39, 0.29) is 0 Å². The maximum Gasteiger partial charge on any atom is 0.328 e. The molecule has 6 heteroatoms. The first-order valence-corrected chi connectivity index (χ1v) is 8.18. The molecule has 0 aromatic carbocycles. The molecule has 0 saturated heterocycles. The lowest BCUT2D eigenvalue weighted by Gasteiger charge is -2.32. The Morgan fingerprint density at radius 1 is 1.62 bits per heavy atom. The highest BCUT2D eigenvalue weighted by atomic mass is 32.1. The van der Waals surface area contributed by atoms with E-state index in [1.165, 1.54) is 25.3 Å². The van der Waals surface area contributed by atoms with Crippen molar-refractivity contribution in [3.05, 3.63) is 23.3 Å². The van der Waals surface area contributed by atoms with Crippen molar-refractivity contribution in [3.8, 4) is 0 Å². The topological polar surface area (TPSA) is 57.8 Å². The van der Waals surface area contributed by atoms with Crippen molar-refractivity contribution in [2.24, 2.45) is 5.92 Å². The lowest BCUT2D eigenvalue weighted by Crippen LogP contribution is -2.33. The number of thiazole rings is 1. The summed E-state index contributed by atoms with van der Waals surface area (Å²) in [6, 6.07) is 0. The van der Waals surface area contributed by atoms with Gasteiger partial charge in [0, 0.05) is 30.7 Å². The van der Waals surface area contributed by atoms with Crippen molar-refractivity contribution in [2.45, 2.75) is 26.2 Å². The molecule has 1 N–H and O–H groups in total. The predicted octanol–water partition coefficient (Wildman–Crippen LogP) is 3.12. The average Bonchev–Trinajstić information content (AvgIpc) is 2.96. The third-order valence-corrected chi connectivity index (χ3v) is 4.80. The molecule has 1 fully saturated rings. The van der Waals surface area contributed by atoms with Crippen molar-refractivity contribution in [2.75, 3.05) is 18.0 Å². The van der Waals surface area contributed by atoms with Gasteiger partial charge in [0.2, 0.25) is 0 Å². The first-order chi connectivity index (χ1) is 10.2. The van der Waals surface area contributed by atoms with Gasteiger partial charge in [-0.05, 0) is 31.8 Å². The lowest BCUT2D eigenvalue weighted by atomic mass is 9.85. The van der Waals surface area contributed by atoms with Crippen molar-refractivity contribution >= 4 is 34.2 Å². The number of aliphatic carboxylic acids is 1. The molecule has 0 aliphatic heterocycles. The number of carbonyl (C=O) groups is 1. The molecular formula is C15H19N3O2S. The fourth-order valence-electron chi connectivity index (χ4n) is 2.68. The van der Waals surface area contributed by atoms with Crippen LogP contribution in [0, 0.1) is 5.92 Å². The summed E-state index contributed by atoms with van der Waals surface area (Å²) in [7, 11) is 0. The van der Waals surface area contributed by atoms with Gasteiger partial charge in [-0.1, -0.05) is 6.42 Å². The summed E-state index contributed by atoms with van der Waals surface area (Å²) in [6.45, 7) is 4.02. The Labute approximate surface area is 127 Å². The highest BCUT2D eigenvalue weighted by molar-refractivity contribution is 7.15. The van der Waals surface area contributed by atoms with E-state index in [9.17, 15) is 4.79 Å². The van der Waals surface area contributed by atoms with Gasteiger partial charge in [0.25, 0.3) is 0 Å². The van der Waals surface area contributed by atoms with E-state index in [4.69, 9.17) is 10.1 Å². The van der Waals surface area contributed by atoms with Crippen LogP contribution in [-0.2, 0) is 4.79 Å². The molecule has 1 aliphatic rings. The van der Waals surface area contributed by atoms with Crippen molar-refractivity contribution in [1.29, 1.82) is 0 Å². The number of hydrogen-bond acceptors (Lipinski definition) is 4. The minimum atomic E-state index is -0.937. The van der Waals surface area contributed by atoms with Crippen molar-refractivity contribution in [1.82, 2.24) is 9.38 Å². The van der Waals surface area contributed by atoms with Crippen LogP contribution < -0.4 is 4.90 Å². The van der Waals surface area contributed by atoms with E-state index >= 15 is 0 Å². The Morgan fingerprint density at radius 3 is 3.05 bits per heavy atom. The second kappa shape index (κ2) is 5.89. The largest absolute Gasteiger partial charge is 0.478 e. The molecule has 2 aromatic rings. The summed E-state index contributed by atoms with van der Waals surface area (Å²) in [5.41, 5.74) is 0.856. The summed E-state index contributed by atoms with van der Waals surface area (Å²) in [6.07, 6.45) is 8.68. The summed E-state index contributed by atoms with van der Waals surface area (Å²) < 4.78 is 1.96. The second-order valence-corrected chi connectivity index (χ2v) is 6.26. The summed E-state index contributed by atoms with van der Waals surface area (Å²) in [5.74, 6) is 0.711. The van der Waals surface area contributed by atoms with E-state index in [1.807, 2.05) is 16.0 Å². The molecule has 112 valence electrons. The number of rotatable bonds is 6. The number of aromatic nitrogens is 2. The highest BCUT2D eigenvalue weighted by Gasteiger charge is 2.23. The van der Waals surface area contributed by atoms with Gasteiger partial charge in [-0.2, -0.15) is 0 Å². The molecular weight excluding hydrogens is 286 g/mol. The van der Waals surface area contributed by atoms with E-state index < -0.39 is 5.97 Å². The standard InChI is InChI=1S/C15H19N3O2S/c1-2-17(10-11-4-3-5-11)14-12(6-7-13(19)20)18-8-9-21-15(18)16-14/h6-9,11H,2-5,10H2,1H3,(H,19,20)/b7-6+. The fourth-order valence-corrected chi connectivity index (χ4v) is 3.40. The number of nitrogens with zero attached hydrogens (tertiary/aromatic N) is 3. The first kappa shape index (κ1) is 14.1. The Bertz CT molecular complexity index is 670. The average molecular weight is 305 g/mol. The lowest BCUT2D eigenvalue weighted by molar-refractivity contribution is -0.131. The SMILES string of the molecule is CCN(CC1CCC1)c1nc2sccn2c1/C=C/C(=O)O. The number of imidazole rings is 1. The molecule has 0 radical (unpaired) electrons. The molecule has 0 unspecified atom stereocenters. The summed E-state index contributed by atoms with van der Waals surface area (Å²) >= 11 is 1.57. The molecule has 21 heavy (non-hydrogen) atoms. The number of fused-ring (bicyclic) bond motifs is 1. The number of anilines is 1. The van der Waals surface area contributed by atoms with Crippen molar-refractivity contribution in [3.63, 3.8) is 0 Å².